The highest BCUT2D eigenvalue weighted by atomic mass is 28.4. The molecule has 0 heterocycles. The highest BCUT2D eigenvalue weighted by Crippen LogP contribution is 2.39. The van der Waals surface area contributed by atoms with Crippen molar-refractivity contribution in [3.63, 3.8) is 0 Å². The number of carbonyl (C=O) groups is 2. The first kappa shape index (κ1) is 29.2. The van der Waals surface area contributed by atoms with Crippen molar-refractivity contribution in [2.24, 2.45) is 11.8 Å². The van der Waals surface area contributed by atoms with Crippen LogP contribution in [-0.2, 0) is 20.4 Å². The first-order valence-corrected chi connectivity index (χ1v) is 14.8. The zero-order chi connectivity index (χ0) is 25.6. The number of rotatable bonds is 10. The molecule has 0 radical (unpaired) electrons. The van der Waals surface area contributed by atoms with Crippen LogP contribution in [0.25, 0.3) is 0 Å². The number of benzene rings is 1. The van der Waals surface area contributed by atoms with Crippen molar-refractivity contribution in [1.29, 1.82) is 0 Å². The third-order valence-corrected chi connectivity index (χ3v) is 10.7. The molecular formula is C26H45NO5Si. The molecule has 0 bridgehead atoms. The molecule has 0 aliphatic heterocycles. The average molecular weight is 480 g/mol. The van der Waals surface area contributed by atoms with E-state index >= 15 is 0 Å². The number of ether oxygens (including phenoxy) is 1. The highest BCUT2D eigenvalue weighted by Gasteiger charge is 2.43. The second kappa shape index (κ2) is 11.5. The lowest BCUT2D eigenvalue weighted by Crippen LogP contribution is -2.55. The number of alkyl carbamates (subject to hydrolysis) is 1. The van der Waals surface area contributed by atoms with Gasteiger partial charge in [0, 0.05) is 0 Å². The molecule has 0 fully saturated rings. The van der Waals surface area contributed by atoms with Gasteiger partial charge in [-0.2, -0.15) is 0 Å². The second-order valence-corrected chi connectivity index (χ2v) is 16.5. The van der Waals surface area contributed by atoms with Crippen LogP contribution in [0.2, 0.25) is 18.1 Å². The summed E-state index contributed by atoms with van der Waals surface area (Å²) in [6.45, 7) is 20.2. The fourth-order valence-electron chi connectivity index (χ4n) is 3.41. The van der Waals surface area contributed by atoms with E-state index in [1.54, 1.807) is 0 Å². The summed E-state index contributed by atoms with van der Waals surface area (Å²) in [4.78, 5) is 24.9. The minimum Gasteiger partial charge on any atom is -0.481 e. The Kier molecular flexibility index (Phi) is 10.2. The predicted molar refractivity (Wildman–Crippen MR) is 136 cm³/mol. The summed E-state index contributed by atoms with van der Waals surface area (Å²) >= 11 is 0. The van der Waals surface area contributed by atoms with Crippen LogP contribution in [0, 0.1) is 11.8 Å². The lowest BCUT2D eigenvalue weighted by atomic mass is 9.88. The quantitative estimate of drug-likeness (QED) is 0.387. The first-order valence-electron chi connectivity index (χ1n) is 11.9. The fourth-order valence-corrected chi connectivity index (χ4v) is 4.76. The molecule has 0 aliphatic carbocycles. The van der Waals surface area contributed by atoms with Crippen LogP contribution in [-0.4, -0.2) is 43.2 Å². The van der Waals surface area contributed by atoms with E-state index in [-0.39, 0.29) is 17.0 Å². The van der Waals surface area contributed by atoms with Gasteiger partial charge >= 0.3 is 12.1 Å². The topological polar surface area (TPSA) is 84.9 Å². The van der Waals surface area contributed by atoms with Gasteiger partial charge in [0.2, 0.25) is 0 Å². The summed E-state index contributed by atoms with van der Waals surface area (Å²) in [6.07, 6.45) is -0.261. The molecule has 1 aromatic carbocycles. The fraction of sp³-hybridized carbons (Fsp3) is 0.692. The smallest absolute Gasteiger partial charge is 0.407 e. The Morgan fingerprint density at radius 2 is 1.58 bits per heavy atom. The molecule has 1 rings (SSSR count). The zero-order valence-electron chi connectivity index (χ0n) is 22.2. The van der Waals surface area contributed by atoms with Crippen LogP contribution in [0.1, 0.15) is 67.4 Å². The summed E-state index contributed by atoms with van der Waals surface area (Å²) in [5.41, 5.74) is 0.343. The maximum absolute atomic E-state index is 12.7. The van der Waals surface area contributed by atoms with Crippen LogP contribution < -0.4 is 5.32 Å². The van der Waals surface area contributed by atoms with Crippen molar-refractivity contribution in [2.45, 2.75) is 104 Å². The molecule has 0 unspecified atom stereocenters. The Labute approximate surface area is 201 Å². The van der Waals surface area contributed by atoms with Crippen LogP contribution in [0.3, 0.4) is 0 Å². The molecule has 3 atom stereocenters. The summed E-state index contributed by atoms with van der Waals surface area (Å²) in [5.74, 6) is -1.47. The number of carboxylic acid groups (broad SMARTS) is 1. The van der Waals surface area contributed by atoms with Gasteiger partial charge in [-0.15, -0.1) is 0 Å². The lowest BCUT2D eigenvalue weighted by molar-refractivity contribution is -0.142. The molecule has 0 aliphatic rings. The van der Waals surface area contributed by atoms with Crippen molar-refractivity contribution < 1.29 is 23.9 Å². The van der Waals surface area contributed by atoms with Crippen molar-refractivity contribution in [1.82, 2.24) is 5.32 Å². The Morgan fingerprint density at radius 3 is 2.00 bits per heavy atom. The Bertz CT molecular complexity index is 765. The third-order valence-electron chi connectivity index (χ3n) is 6.25. The molecular weight excluding hydrogens is 434 g/mol. The third kappa shape index (κ3) is 9.88. The van der Waals surface area contributed by atoms with E-state index in [0.717, 1.165) is 5.56 Å². The molecule has 33 heavy (non-hydrogen) atoms. The first-order chi connectivity index (χ1) is 14.9. The molecule has 6 nitrogen and oxygen atoms in total. The van der Waals surface area contributed by atoms with E-state index < -0.39 is 38.0 Å². The Morgan fingerprint density at radius 1 is 1.03 bits per heavy atom. The van der Waals surface area contributed by atoms with Gasteiger partial charge in [-0.05, 0) is 63.2 Å². The van der Waals surface area contributed by atoms with Gasteiger partial charge in [-0.25, -0.2) is 4.79 Å². The van der Waals surface area contributed by atoms with Gasteiger partial charge in [-0.3, -0.25) is 4.79 Å². The molecule has 1 aromatic rings. The average Bonchev–Trinajstić information content (AvgIpc) is 2.63. The largest absolute Gasteiger partial charge is 0.481 e. The molecule has 7 heteroatoms. The van der Waals surface area contributed by atoms with E-state index in [9.17, 15) is 14.7 Å². The summed E-state index contributed by atoms with van der Waals surface area (Å²) in [6, 6.07) is 9.25. The van der Waals surface area contributed by atoms with Gasteiger partial charge in [0.25, 0.3) is 0 Å². The minimum absolute atomic E-state index is 0.0263. The molecule has 0 spiro atoms. The van der Waals surface area contributed by atoms with Crippen molar-refractivity contribution in [3.05, 3.63) is 35.9 Å². The number of hydrogen-bond donors (Lipinski definition) is 2. The summed E-state index contributed by atoms with van der Waals surface area (Å²) in [7, 11) is -2.25. The number of aliphatic carboxylic acids is 1. The van der Waals surface area contributed by atoms with Crippen LogP contribution >= 0.6 is 0 Å². The predicted octanol–water partition coefficient (Wildman–Crippen LogP) is 6.26. The SMILES string of the molecule is CC(C)[C@H](NC(=O)OC(C)(C)C)[C@H](C[C@@H](Cc1ccccc1)C(=O)O)O[Si](C)(C)C(C)(C)C. The number of amides is 1. The molecule has 0 saturated carbocycles. The van der Waals surface area contributed by atoms with Crippen molar-refractivity contribution >= 4 is 20.4 Å². The van der Waals surface area contributed by atoms with Gasteiger partial charge in [0.15, 0.2) is 8.32 Å². The molecule has 1 amide bonds. The van der Waals surface area contributed by atoms with Gasteiger partial charge in [-0.1, -0.05) is 65.0 Å². The van der Waals surface area contributed by atoms with E-state index in [4.69, 9.17) is 9.16 Å². The van der Waals surface area contributed by atoms with Gasteiger partial charge in [0.05, 0.1) is 18.1 Å². The second-order valence-electron chi connectivity index (χ2n) is 11.8. The molecule has 188 valence electrons. The van der Waals surface area contributed by atoms with Crippen molar-refractivity contribution in [2.75, 3.05) is 0 Å². The van der Waals surface area contributed by atoms with Crippen LogP contribution in [0.5, 0.6) is 0 Å². The van der Waals surface area contributed by atoms with E-state index in [1.807, 2.05) is 65.0 Å². The zero-order valence-corrected chi connectivity index (χ0v) is 23.2. The number of carbonyl (C=O) groups excluding carboxylic acids is 1. The number of hydrogen-bond acceptors (Lipinski definition) is 4. The van der Waals surface area contributed by atoms with E-state index in [1.165, 1.54) is 0 Å². The minimum atomic E-state index is -2.25. The lowest BCUT2D eigenvalue weighted by Gasteiger charge is -2.43. The van der Waals surface area contributed by atoms with Crippen molar-refractivity contribution in [3.8, 4) is 0 Å². The van der Waals surface area contributed by atoms with Crippen LogP contribution in [0.4, 0.5) is 4.79 Å². The van der Waals surface area contributed by atoms with Gasteiger partial charge < -0.3 is 19.6 Å². The molecule has 0 saturated heterocycles. The number of nitrogens with one attached hydrogen (secondary N) is 1. The number of carboxylic acids is 1. The molecule has 2 N–H and O–H groups in total. The highest BCUT2D eigenvalue weighted by molar-refractivity contribution is 6.74. The summed E-state index contributed by atoms with van der Waals surface area (Å²) < 4.78 is 12.3. The Balaban J connectivity index is 3.28. The Hall–Kier alpha value is -1.86. The monoisotopic (exact) mass is 479 g/mol. The van der Waals surface area contributed by atoms with E-state index in [2.05, 4.69) is 39.2 Å². The standard InChI is InChI=1S/C26H45NO5Si/c1-18(2)22(27-24(30)31-25(3,4)5)21(32-33(9,10)26(6,7)8)17-20(23(28)29)16-19-14-12-11-13-15-19/h11-15,18,20-22H,16-17H2,1-10H3,(H,27,30)(H,28,29)/t20-,21+,22+/m1/s1. The maximum atomic E-state index is 12.7. The maximum Gasteiger partial charge on any atom is 0.407 e. The van der Waals surface area contributed by atoms with E-state index in [0.29, 0.717) is 12.8 Å². The summed E-state index contributed by atoms with van der Waals surface area (Å²) in [5, 5.41) is 13.0. The molecule has 0 aromatic heterocycles. The normalized spacial score (nSPS) is 15.6. The van der Waals surface area contributed by atoms with Crippen LogP contribution in [0.15, 0.2) is 30.3 Å². The van der Waals surface area contributed by atoms with Gasteiger partial charge in [0.1, 0.15) is 5.60 Å².